The highest BCUT2D eigenvalue weighted by Gasteiger charge is 2.22. The standard InChI is InChI=1S/C27H26N4O3S/c1-30-13-15-31(16-14-30)27(33)21-11-9-19(10-12-21)18-28-25(32)24-23(20-6-3-2-4-7-20)29-26(35-24)22-8-5-17-34-22/h2-12,17H,13-16,18H2,1H3,(H,28,32). The van der Waals surface area contributed by atoms with Crippen LogP contribution in [-0.2, 0) is 6.54 Å². The van der Waals surface area contributed by atoms with E-state index in [2.05, 4.69) is 17.3 Å². The van der Waals surface area contributed by atoms with Crippen molar-refractivity contribution in [1.29, 1.82) is 0 Å². The molecule has 3 heterocycles. The van der Waals surface area contributed by atoms with Crippen molar-refractivity contribution in [2.75, 3.05) is 33.2 Å². The highest BCUT2D eigenvalue weighted by Crippen LogP contribution is 2.34. The summed E-state index contributed by atoms with van der Waals surface area (Å²) >= 11 is 1.31. The summed E-state index contributed by atoms with van der Waals surface area (Å²) in [6.45, 7) is 3.61. The molecule has 7 nitrogen and oxygen atoms in total. The molecule has 35 heavy (non-hydrogen) atoms. The molecule has 8 heteroatoms. The molecule has 0 atom stereocenters. The lowest BCUT2D eigenvalue weighted by atomic mass is 10.1. The number of likely N-dealkylation sites (N-methyl/N-ethyl adjacent to an activating group) is 1. The zero-order valence-electron chi connectivity index (χ0n) is 19.4. The van der Waals surface area contributed by atoms with E-state index < -0.39 is 0 Å². The van der Waals surface area contributed by atoms with Crippen LogP contribution in [0.1, 0.15) is 25.6 Å². The molecule has 1 N–H and O–H groups in total. The zero-order chi connectivity index (χ0) is 24.2. The van der Waals surface area contributed by atoms with Crippen LogP contribution in [0.15, 0.2) is 77.4 Å². The molecule has 0 bridgehead atoms. The highest BCUT2D eigenvalue weighted by atomic mass is 32.1. The summed E-state index contributed by atoms with van der Waals surface area (Å²) in [6, 6.07) is 20.7. The number of nitrogens with one attached hydrogen (secondary N) is 1. The molecule has 1 fully saturated rings. The van der Waals surface area contributed by atoms with Gasteiger partial charge in [0.15, 0.2) is 10.8 Å². The van der Waals surface area contributed by atoms with E-state index in [0.29, 0.717) is 33.4 Å². The Kier molecular flexibility index (Phi) is 6.74. The lowest BCUT2D eigenvalue weighted by Crippen LogP contribution is -2.47. The minimum absolute atomic E-state index is 0.0521. The second-order valence-corrected chi connectivity index (χ2v) is 9.51. The largest absolute Gasteiger partial charge is 0.462 e. The number of furan rings is 1. The van der Waals surface area contributed by atoms with Gasteiger partial charge in [0, 0.05) is 43.9 Å². The van der Waals surface area contributed by atoms with Crippen LogP contribution in [-0.4, -0.2) is 59.8 Å². The molecule has 0 aliphatic carbocycles. The number of carbonyl (C=O) groups is 2. The van der Waals surface area contributed by atoms with Crippen LogP contribution < -0.4 is 5.32 Å². The fraction of sp³-hybridized carbons (Fsp3) is 0.222. The molecule has 0 saturated carbocycles. The lowest BCUT2D eigenvalue weighted by molar-refractivity contribution is 0.0664. The van der Waals surface area contributed by atoms with Crippen LogP contribution >= 0.6 is 11.3 Å². The second-order valence-electron chi connectivity index (χ2n) is 8.52. The van der Waals surface area contributed by atoms with E-state index in [9.17, 15) is 9.59 Å². The van der Waals surface area contributed by atoms with E-state index in [1.54, 1.807) is 12.3 Å². The minimum atomic E-state index is -0.197. The average molecular weight is 487 g/mol. The van der Waals surface area contributed by atoms with Gasteiger partial charge in [-0.1, -0.05) is 42.5 Å². The molecule has 2 aromatic carbocycles. The van der Waals surface area contributed by atoms with Gasteiger partial charge in [-0.2, -0.15) is 0 Å². The van der Waals surface area contributed by atoms with Crippen LogP contribution in [0.2, 0.25) is 0 Å². The zero-order valence-corrected chi connectivity index (χ0v) is 20.3. The molecular weight excluding hydrogens is 460 g/mol. The van der Waals surface area contributed by atoms with E-state index in [4.69, 9.17) is 9.40 Å². The number of hydrogen-bond acceptors (Lipinski definition) is 6. The Balaban J connectivity index is 1.28. The van der Waals surface area contributed by atoms with Gasteiger partial charge in [0.1, 0.15) is 4.88 Å². The maximum atomic E-state index is 13.2. The van der Waals surface area contributed by atoms with Crippen LogP contribution in [0.4, 0.5) is 0 Å². The quantitative estimate of drug-likeness (QED) is 0.437. The van der Waals surface area contributed by atoms with Gasteiger partial charge in [-0.15, -0.1) is 11.3 Å². The van der Waals surface area contributed by atoms with Crippen LogP contribution in [0.3, 0.4) is 0 Å². The maximum Gasteiger partial charge on any atom is 0.263 e. The summed E-state index contributed by atoms with van der Waals surface area (Å²) in [7, 11) is 2.07. The second kappa shape index (κ2) is 10.2. The van der Waals surface area contributed by atoms with Crippen molar-refractivity contribution in [3.8, 4) is 22.0 Å². The van der Waals surface area contributed by atoms with Crippen LogP contribution in [0, 0.1) is 0 Å². The SMILES string of the molecule is CN1CCN(C(=O)c2ccc(CNC(=O)c3sc(-c4ccco4)nc3-c3ccccc3)cc2)CC1. The number of aromatic nitrogens is 1. The number of amides is 2. The third-order valence-corrected chi connectivity index (χ3v) is 7.13. The Morgan fingerprint density at radius 1 is 0.971 bits per heavy atom. The third kappa shape index (κ3) is 5.18. The highest BCUT2D eigenvalue weighted by molar-refractivity contribution is 7.17. The summed E-state index contributed by atoms with van der Waals surface area (Å²) in [4.78, 5) is 35.3. The van der Waals surface area contributed by atoms with Crippen LogP contribution in [0.25, 0.3) is 22.0 Å². The van der Waals surface area contributed by atoms with Crippen molar-refractivity contribution in [2.45, 2.75) is 6.54 Å². The molecular formula is C27H26N4O3S. The Bertz CT molecular complexity index is 1290. The first-order valence-corrected chi connectivity index (χ1v) is 12.4. The Hall–Kier alpha value is -3.75. The summed E-state index contributed by atoms with van der Waals surface area (Å²) in [5.74, 6) is 0.486. The van der Waals surface area contributed by atoms with Gasteiger partial charge in [-0.25, -0.2) is 4.98 Å². The molecule has 0 unspecified atom stereocenters. The van der Waals surface area contributed by atoms with Crippen molar-refractivity contribution in [3.05, 3.63) is 89.0 Å². The third-order valence-electron chi connectivity index (χ3n) is 6.06. The predicted octanol–water partition coefficient (Wildman–Crippen LogP) is 4.39. The predicted molar refractivity (Wildman–Crippen MR) is 136 cm³/mol. The number of piperazine rings is 1. The molecule has 1 saturated heterocycles. The molecule has 1 aliphatic heterocycles. The number of rotatable bonds is 6. The van der Waals surface area contributed by atoms with E-state index >= 15 is 0 Å². The van der Waals surface area contributed by atoms with Gasteiger partial charge >= 0.3 is 0 Å². The first kappa shape index (κ1) is 23.0. The van der Waals surface area contributed by atoms with E-state index in [-0.39, 0.29) is 11.8 Å². The number of nitrogens with zero attached hydrogens (tertiary/aromatic N) is 3. The van der Waals surface area contributed by atoms with Gasteiger partial charge in [0.05, 0.1) is 12.0 Å². The summed E-state index contributed by atoms with van der Waals surface area (Å²) in [6.07, 6.45) is 1.59. The van der Waals surface area contributed by atoms with E-state index in [1.165, 1.54) is 11.3 Å². The van der Waals surface area contributed by atoms with Crippen molar-refractivity contribution in [2.24, 2.45) is 0 Å². The van der Waals surface area contributed by atoms with Crippen molar-refractivity contribution in [1.82, 2.24) is 20.1 Å². The molecule has 178 valence electrons. The number of thiazole rings is 1. The van der Waals surface area contributed by atoms with Gasteiger partial charge in [0.25, 0.3) is 11.8 Å². The van der Waals surface area contributed by atoms with Gasteiger partial charge in [-0.3, -0.25) is 9.59 Å². The van der Waals surface area contributed by atoms with Gasteiger partial charge in [-0.05, 0) is 36.9 Å². The minimum Gasteiger partial charge on any atom is -0.462 e. The van der Waals surface area contributed by atoms with Crippen molar-refractivity contribution >= 4 is 23.2 Å². The van der Waals surface area contributed by atoms with E-state index in [1.807, 2.05) is 65.6 Å². The normalized spacial score (nSPS) is 14.1. The molecule has 2 aromatic heterocycles. The molecule has 0 spiro atoms. The number of hydrogen-bond donors (Lipinski definition) is 1. The molecule has 1 aliphatic rings. The molecule has 5 rings (SSSR count). The lowest BCUT2D eigenvalue weighted by Gasteiger charge is -2.32. The first-order valence-electron chi connectivity index (χ1n) is 11.5. The molecule has 0 radical (unpaired) electrons. The fourth-order valence-corrected chi connectivity index (χ4v) is 4.96. The average Bonchev–Trinajstić information content (AvgIpc) is 3.59. The van der Waals surface area contributed by atoms with Crippen molar-refractivity contribution < 1.29 is 14.0 Å². The maximum absolute atomic E-state index is 13.2. The number of carbonyl (C=O) groups excluding carboxylic acids is 2. The summed E-state index contributed by atoms with van der Waals surface area (Å²) in [5, 5.41) is 3.66. The van der Waals surface area contributed by atoms with Gasteiger partial charge in [0.2, 0.25) is 0 Å². The Labute approximate surface area is 208 Å². The van der Waals surface area contributed by atoms with Crippen molar-refractivity contribution in [3.63, 3.8) is 0 Å². The summed E-state index contributed by atoms with van der Waals surface area (Å²) in [5.41, 5.74) is 3.10. The Morgan fingerprint density at radius 2 is 1.71 bits per heavy atom. The smallest absolute Gasteiger partial charge is 0.263 e. The molecule has 4 aromatic rings. The first-order chi connectivity index (χ1) is 17.1. The summed E-state index contributed by atoms with van der Waals surface area (Å²) < 4.78 is 5.50. The van der Waals surface area contributed by atoms with Gasteiger partial charge < -0.3 is 19.5 Å². The Morgan fingerprint density at radius 3 is 2.40 bits per heavy atom. The van der Waals surface area contributed by atoms with E-state index in [0.717, 1.165) is 37.3 Å². The fourth-order valence-electron chi connectivity index (χ4n) is 3.99. The number of benzene rings is 2. The topological polar surface area (TPSA) is 78.7 Å². The monoisotopic (exact) mass is 486 g/mol. The van der Waals surface area contributed by atoms with Crippen LogP contribution in [0.5, 0.6) is 0 Å². The molecule has 2 amide bonds.